The lowest BCUT2D eigenvalue weighted by Crippen LogP contribution is -2.54. The lowest BCUT2D eigenvalue weighted by atomic mass is 9.68. The van der Waals surface area contributed by atoms with Crippen molar-refractivity contribution in [2.45, 2.75) is 17.9 Å². The molecule has 0 spiro atoms. The second-order valence-electron chi connectivity index (χ2n) is 8.48. The molecule has 4 aromatic rings. The van der Waals surface area contributed by atoms with Gasteiger partial charge in [0.1, 0.15) is 11.5 Å². The largest absolute Gasteiger partial charge is 0.478 e. The standard InChI is InChI=1S/C30H26N2O4/c31-27(33)26(20-21-16-18-22(19-17-21)28(34)35)32-29(36)30(23-10-4-1-5-11-23,24-12-6-2-7-13-24)25-14-8-3-9-15-25/h1-19,26H,20H2,(H2,31,33)(H,32,36)(H,34,35)/t26-/m0/s1. The Morgan fingerprint density at radius 3 is 1.47 bits per heavy atom. The van der Waals surface area contributed by atoms with Gasteiger partial charge in [-0.1, -0.05) is 103 Å². The van der Waals surface area contributed by atoms with Crippen molar-refractivity contribution in [2.24, 2.45) is 5.73 Å². The second kappa shape index (κ2) is 10.7. The number of nitrogens with two attached hydrogens (primary N) is 1. The first-order chi connectivity index (χ1) is 17.4. The summed E-state index contributed by atoms with van der Waals surface area (Å²) in [6.45, 7) is 0. The van der Waals surface area contributed by atoms with Gasteiger partial charge in [0.05, 0.1) is 5.56 Å². The van der Waals surface area contributed by atoms with Crippen LogP contribution < -0.4 is 11.1 Å². The third-order valence-electron chi connectivity index (χ3n) is 6.25. The Balaban J connectivity index is 1.79. The minimum atomic E-state index is -1.25. The number of amides is 2. The number of carboxylic acids is 1. The number of aromatic carboxylic acids is 1. The molecule has 0 saturated heterocycles. The third-order valence-corrected chi connectivity index (χ3v) is 6.25. The maximum atomic E-state index is 14.3. The van der Waals surface area contributed by atoms with E-state index in [0.29, 0.717) is 5.56 Å². The van der Waals surface area contributed by atoms with Crippen molar-refractivity contribution in [2.75, 3.05) is 0 Å². The van der Waals surface area contributed by atoms with Crippen LogP contribution >= 0.6 is 0 Å². The Morgan fingerprint density at radius 2 is 1.11 bits per heavy atom. The highest BCUT2D eigenvalue weighted by molar-refractivity contribution is 5.98. The first-order valence-electron chi connectivity index (χ1n) is 11.5. The Hall–Kier alpha value is -4.71. The predicted octanol–water partition coefficient (Wildman–Crippen LogP) is 3.93. The Kier molecular flexibility index (Phi) is 7.25. The van der Waals surface area contributed by atoms with Crippen LogP contribution in [0.4, 0.5) is 0 Å². The lowest BCUT2D eigenvalue weighted by molar-refractivity contribution is -0.129. The van der Waals surface area contributed by atoms with Crippen LogP contribution in [0.5, 0.6) is 0 Å². The molecule has 6 heteroatoms. The van der Waals surface area contributed by atoms with Crippen LogP contribution in [0, 0.1) is 0 Å². The minimum Gasteiger partial charge on any atom is -0.478 e. The number of primary amides is 1. The number of hydrogen-bond donors (Lipinski definition) is 3. The summed E-state index contributed by atoms with van der Waals surface area (Å²) in [7, 11) is 0. The number of hydrogen-bond acceptors (Lipinski definition) is 3. The van der Waals surface area contributed by atoms with E-state index in [0.717, 1.165) is 16.7 Å². The number of nitrogens with one attached hydrogen (secondary N) is 1. The fraction of sp³-hybridized carbons (Fsp3) is 0.100. The molecule has 0 aliphatic heterocycles. The summed E-state index contributed by atoms with van der Waals surface area (Å²) in [6, 6.07) is 33.4. The van der Waals surface area contributed by atoms with Crippen molar-refractivity contribution in [1.82, 2.24) is 5.32 Å². The zero-order valence-corrected chi connectivity index (χ0v) is 19.5. The first kappa shape index (κ1) is 24.4. The van der Waals surface area contributed by atoms with Gasteiger partial charge in [-0.15, -0.1) is 0 Å². The molecule has 0 aromatic heterocycles. The van der Waals surface area contributed by atoms with Crippen molar-refractivity contribution in [1.29, 1.82) is 0 Å². The average Bonchev–Trinajstić information content (AvgIpc) is 2.91. The molecule has 0 aliphatic carbocycles. The molecule has 0 fully saturated rings. The van der Waals surface area contributed by atoms with Crippen LogP contribution in [-0.4, -0.2) is 28.9 Å². The van der Waals surface area contributed by atoms with Crippen LogP contribution in [0.1, 0.15) is 32.6 Å². The Labute approximate surface area is 209 Å². The van der Waals surface area contributed by atoms with Crippen LogP contribution in [0.3, 0.4) is 0 Å². The molecule has 0 heterocycles. The molecular formula is C30H26N2O4. The number of rotatable bonds is 9. The molecule has 0 bridgehead atoms. The van der Waals surface area contributed by atoms with Gasteiger partial charge < -0.3 is 16.2 Å². The van der Waals surface area contributed by atoms with E-state index in [1.54, 1.807) is 12.1 Å². The molecule has 4 N–H and O–H groups in total. The molecule has 6 nitrogen and oxygen atoms in total. The molecule has 0 unspecified atom stereocenters. The third kappa shape index (κ3) is 4.88. The molecule has 4 rings (SSSR count). The Bertz CT molecular complexity index is 1240. The highest BCUT2D eigenvalue weighted by Gasteiger charge is 2.44. The van der Waals surface area contributed by atoms with Crippen molar-refractivity contribution in [3.63, 3.8) is 0 Å². The summed E-state index contributed by atoms with van der Waals surface area (Å²) in [5, 5.41) is 12.1. The summed E-state index contributed by atoms with van der Waals surface area (Å²) in [5.41, 5.74) is 7.52. The van der Waals surface area contributed by atoms with E-state index in [4.69, 9.17) is 10.8 Å². The number of benzene rings is 4. The molecule has 0 saturated carbocycles. The van der Waals surface area contributed by atoms with Gasteiger partial charge >= 0.3 is 5.97 Å². The smallest absolute Gasteiger partial charge is 0.335 e. The average molecular weight is 479 g/mol. The van der Waals surface area contributed by atoms with Gasteiger partial charge in [0.15, 0.2) is 0 Å². The molecule has 4 aromatic carbocycles. The first-order valence-corrected chi connectivity index (χ1v) is 11.5. The highest BCUT2D eigenvalue weighted by Crippen LogP contribution is 2.39. The SMILES string of the molecule is NC(=O)[C@H](Cc1ccc(C(=O)O)cc1)NC(=O)C(c1ccccc1)(c1ccccc1)c1ccccc1. The molecule has 0 aliphatic rings. The van der Waals surface area contributed by atoms with Crippen LogP contribution in [0.25, 0.3) is 0 Å². The molecule has 0 radical (unpaired) electrons. The van der Waals surface area contributed by atoms with Crippen molar-refractivity contribution < 1.29 is 19.5 Å². The quantitative estimate of drug-likeness (QED) is 0.317. The van der Waals surface area contributed by atoms with Crippen molar-refractivity contribution >= 4 is 17.8 Å². The van der Waals surface area contributed by atoms with Gasteiger partial charge in [0.2, 0.25) is 11.8 Å². The maximum Gasteiger partial charge on any atom is 0.335 e. The fourth-order valence-electron chi connectivity index (χ4n) is 4.47. The highest BCUT2D eigenvalue weighted by atomic mass is 16.4. The zero-order chi connectivity index (χ0) is 25.5. The van der Waals surface area contributed by atoms with Gasteiger partial charge in [-0.2, -0.15) is 0 Å². The van der Waals surface area contributed by atoms with E-state index in [2.05, 4.69) is 5.32 Å². The predicted molar refractivity (Wildman–Crippen MR) is 137 cm³/mol. The zero-order valence-electron chi connectivity index (χ0n) is 19.5. The second-order valence-corrected chi connectivity index (χ2v) is 8.48. The normalized spacial score (nSPS) is 11.9. The van der Waals surface area contributed by atoms with Gasteiger partial charge in [-0.05, 0) is 34.4 Å². The lowest BCUT2D eigenvalue weighted by Gasteiger charge is -2.35. The van der Waals surface area contributed by atoms with Crippen molar-refractivity contribution in [3.8, 4) is 0 Å². The minimum absolute atomic E-state index is 0.120. The van der Waals surface area contributed by atoms with E-state index < -0.39 is 29.2 Å². The summed E-state index contributed by atoms with van der Waals surface area (Å²) in [4.78, 5) is 38.0. The molecular weight excluding hydrogens is 452 g/mol. The van der Waals surface area contributed by atoms with Crippen LogP contribution in [-0.2, 0) is 21.4 Å². The van der Waals surface area contributed by atoms with E-state index in [-0.39, 0.29) is 12.0 Å². The van der Waals surface area contributed by atoms with Gasteiger partial charge in [-0.3, -0.25) is 9.59 Å². The number of carbonyl (C=O) groups excluding carboxylic acids is 2. The van der Waals surface area contributed by atoms with Gasteiger partial charge in [-0.25, -0.2) is 4.79 Å². The van der Waals surface area contributed by atoms with Gasteiger partial charge in [0, 0.05) is 6.42 Å². The molecule has 2 amide bonds. The van der Waals surface area contributed by atoms with Crippen molar-refractivity contribution in [3.05, 3.63) is 143 Å². The van der Waals surface area contributed by atoms with Crippen LogP contribution in [0.2, 0.25) is 0 Å². The van der Waals surface area contributed by atoms with Gasteiger partial charge in [0.25, 0.3) is 0 Å². The molecule has 180 valence electrons. The van der Waals surface area contributed by atoms with E-state index >= 15 is 0 Å². The monoisotopic (exact) mass is 478 g/mol. The number of carboxylic acid groups (broad SMARTS) is 1. The summed E-state index contributed by atoms with van der Waals surface area (Å²) in [6.07, 6.45) is 0.120. The summed E-state index contributed by atoms with van der Waals surface area (Å²) >= 11 is 0. The van der Waals surface area contributed by atoms with E-state index in [1.165, 1.54) is 12.1 Å². The number of carbonyl (C=O) groups is 3. The topological polar surface area (TPSA) is 109 Å². The van der Waals surface area contributed by atoms with Crippen LogP contribution in [0.15, 0.2) is 115 Å². The van der Waals surface area contributed by atoms with E-state index in [9.17, 15) is 14.4 Å². The molecule has 1 atom stereocenters. The maximum absolute atomic E-state index is 14.3. The fourth-order valence-corrected chi connectivity index (χ4v) is 4.47. The Morgan fingerprint density at radius 1 is 0.694 bits per heavy atom. The van der Waals surface area contributed by atoms with E-state index in [1.807, 2.05) is 91.0 Å². The summed E-state index contributed by atoms with van der Waals surface area (Å²) < 4.78 is 0. The molecule has 36 heavy (non-hydrogen) atoms. The summed E-state index contributed by atoms with van der Waals surface area (Å²) in [5.74, 6) is -2.12.